The maximum Gasteiger partial charge on any atom is 0.234 e. The number of carbonyl (C=O) groups excluding carboxylic acids is 1. The van der Waals surface area contributed by atoms with Gasteiger partial charge >= 0.3 is 0 Å². The van der Waals surface area contributed by atoms with Gasteiger partial charge in [-0.2, -0.15) is 0 Å². The van der Waals surface area contributed by atoms with Crippen LogP contribution in [0.3, 0.4) is 0 Å². The molecule has 2 atom stereocenters. The summed E-state index contributed by atoms with van der Waals surface area (Å²) in [5.41, 5.74) is 6.80. The van der Waals surface area contributed by atoms with Gasteiger partial charge in [-0.1, -0.05) is 32.0 Å². The number of benzene rings is 1. The Morgan fingerprint density at radius 3 is 2.89 bits per heavy atom. The fraction of sp³-hybridized carbons (Fsp3) is 0.500. The maximum atomic E-state index is 11.3. The predicted octanol–water partition coefficient (Wildman–Crippen LogP) is 1.98. The first-order chi connectivity index (χ1) is 8.59. The summed E-state index contributed by atoms with van der Waals surface area (Å²) in [6.07, 6.45) is 0. The third-order valence-electron chi connectivity index (χ3n) is 3.36. The maximum absolute atomic E-state index is 11.3. The molecule has 0 saturated carbocycles. The average Bonchev–Trinajstić information content (AvgIpc) is 2.72. The van der Waals surface area contributed by atoms with Crippen LogP contribution in [-0.4, -0.2) is 24.2 Å². The van der Waals surface area contributed by atoms with Crippen LogP contribution in [0.2, 0.25) is 0 Å². The molecule has 1 aromatic carbocycles. The Morgan fingerprint density at radius 2 is 2.22 bits per heavy atom. The van der Waals surface area contributed by atoms with E-state index in [1.807, 2.05) is 25.6 Å². The number of nitrogens with one attached hydrogen (secondary N) is 1. The number of nitrogens with two attached hydrogens (primary N) is 1. The Balaban J connectivity index is 1.98. The first-order valence-electron chi connectivity index (χ1n) is 6.34. The lowest BCUT2D eigenvalue weighted by Gasteiger charge is -2.21. The monoisotopic (exact) mass is 264 g/mol. The summed E-state index contributed by atoms with van der Waals surface area (Å²) in [6, 6.07) is 8.25. The Bertz CT molecular complexity index is 434. The molecule has 0 spiro atoms. The van der Waals surface area contributed by atoms with Crippen LogP contribution in [-0.2, 0) is 4.79 Å². The quantitative estimate of drug-likeness (QED) is 0.855. The van der Waals surface area contributed by atoms with Crippen LogP contribution in [0.1, 0.15) is 25.3 Å². The minimum atomic E-state index is -0.260. The van der Waals surface area contributed by atoms with Crippen molar-refractivity contribution < 1.29 is 4.79 Å². The third kappa shape index (κ3) is 2.87. The molecular formula is C14H20N2OS. The zero-order valence-corrected chi connectivity index (χ0v) is 11.7. The van der Waals surface area contributed by atoms with Crippen molar-refractivity contribution >= 4 is 17.7 Å². The average molecular weight is 264 g/mol. The van der Waals surface area contributed by atoms with Gasteiger partial charge in [0.15, 0.2) is 0 Å². The number of primary amides is 1. The topological polar surface area (TPSA) is 55.1 Å². The highest BCUT2D eigenvalue weighted by atomic mass is 32.2. The van der Waals surface area contributed by atoms with Crippen LogP contribution in [0.15, 0.2) is 29.2 Å². The third-order valence-corrected chi connectivity index (χ3v) is 4.61. The summed E-state index contributed by atoms with van der Waals surface area (Å²) in [5, 5.41) is 3.31. The van der Waals surface area contributed by atoms with Crippen molar-refractivity contribution in [3.8, 4) is 0 Å². The van der Waals surface area contributed by atoms with E-state index in [0.717, 1.165) is 12.3 Å². The molecular weight excluding hydrogens is 244 g/mol. The summed E-state index contributed by atoms with van der Waals surface area (Å²) in [4.78, 5) is 12.7. The van der Waals surface area contributed by atoms with E-state index in [-0.39, 0.29) is 17.9 Å². The van der Waals surface area contributed by atoms with Gasteiger partial charge in [0.1, 0.15) is 0 Å². The zero-order valence-electron chi connectivity index (χ0n) is 10.8. The molecule has 1 heterocycles. The first-order valence-corrected chi connectivity index (χ1v) is 7.32. The van der Waals surface area contributed by atoms with Crippen LogP contribution in [0.4, 0.5) is 0 Å². The first kappa shape index (κ1) is 13.4. The van der Waals surface area contributed by atoms with Gasteiger partial charge in [-0.25, -0.2) is 0 Å². The van der Waals surface area contributed by atoms with Crippen molar-refractivity contribution in [1.29, 1.82) is 0 Å². The largest absolute Gasteiger partial charge is 0.368 e. The van der Waals surface area contributed by atoms with E-state index in [0.29, 0.717) is 5.92 Å². The predicted molar refractivity (Wildman–Crippen MR) is 75.7 cm³/mol. The van der Waals surface area contributed by atoms with Crippen LogP contribution in [0, 0.1) is 5.92 Å². The van der Waals surface area contributed by atoms with Crippen LogP contribution in [0.25, 0.3) is 0 Å². The number of hydrogen-bond donors (Lipinski definition) is 2. The molecule has 0 fully saturated rings. The van der Waals surface area contributed by atoms with Crippen LogP contribution >= 0.6 is 11.8 Å². The van der Waals surface area contributed by atoms with Gasteiger partial charge in [0.25, 0.3) is 0 Å². The second kappa shape index (κ2) is 5.76. The summed E-state index contributed by atoms with van der Waals surface area (Å²) < 4.78 is 0. The molecule has 2 rings (SSSR count). The molecule has 1 amide bonds. The van der Waals surface area contributed by atoms with E-state index in [2.05, 4.69) is 29.6 Å². The molecule has 1 aromatic rings. The van der Waals surface area contributed by atoms with Crippen molar-refractivity contribution in [2.24, 2.45) is 11.7 Å². The molecule has 0 aliphatic carbocycles. The highest BCUT2D eigenvalue weighted by Gasteiger charge is 2.25. The Morgan fingerprint density at radius 1 is 1.50 bits per heavy atom. The highest BCUT2D eigenvalue weighted by molar-refractivity contribution is 7.99. The molecule has 4 heteroatoms. The zero-order chi connectivity index (χ0) is 13.1. The van der Waals surface area contributed by atoms with E-state index < -0.39 is 0 Å². The summed E-state index contributed by atoms with van der Waals surface area (Å²) in [6.45, 7) is 4.84. The van der Waals surface area contributed by atoms with E-state index >= 15 is 0 Å². The van der Waals surface area contributed by atoms with Crippen molar-refractivity contribution in [2.45, 2.75) is 30.7 Å². The Kier molecular flexibility index (Phi) is 4.30. The van der Waals surface area contributed by atoms with Gasteiger partial charge in [0, 0.05) is 23.1 Å². The molecule has 1 aliphatic rings. The van der Waals surface area contributed by atoms with Gasteiger partial charge < -0.3 is 11.1 Å². The van der Waals surface area contributed by atoms with Crippen molar-refractivity contribution in [2.75, 3.05) is 12.3 Å². The van der Waals surface area contributed by atoms with E-state index in [4.69, 9.17) is 5.73 Å². The van der Waals surface area contributed by atoms with Gasteiger partial charge in [0.05, 0.1) is 6.04 Å². The normalized spacial score (nSPS) is 19.8. The molecule has 0 saturated heterocycles. The smallest absolute Gasteiger partial charge is 0.234 e. The number of hydrogen-bond acceptors (Lipinski definition) is 3. The van der Waals surface area contributed by atoms with E-state index in [1.54, 1.807) is 0 Å². The lowest BCUT2D eigenvalue weighted by atomic mass is 9.99. The standard InChI is InChI=1S/C14H20N2OS/c1-9(2)13(14(15)17)16-7-10-8-18-12-6-4-3-5-11(10)12/h3-6,9-10,13,16H,7-8H2,1-2H3,(H2,15,17). The molecule has 0 bridgehead atoms. The number of carbonyl (C=O) groups is 1. The summed E-state index contributed by atoms with van der Waals surface area (Å²) >= 11 is 1.89. The second-order valence-electron chi connectivity index (χ2n) is 5.08. The number of rotatable bonds is 5. The van der Waals surface area contributed by atoms with Gasteiger partial charge in [-0.3, -0.25) is 4.79 Å². The lowest BCUT2D eigenvalue weighted by molar-refractivity contribution is -0.121. The van der Waals surface area contributed by atoms with Crippen molar-refractivity contribution in [3.63, 3.8) is 0 Å². The molecule has 18 heavy (non-hydrogen) atoms. The van der Waals surface area contributed by atoms with Gasteiger partial charge in [-0.05, 0) is 17.5 Å². The summed E-state index contributed by atoms with van der Waals surface area (Å²) in [7, 11) is 0. The minimum Gasteiger partial charge on any atom is -0.368 e. The lowest BCUT2D eigenvalue weighted by Crippen LogP contribution is -2.46. The van der Waals surface area contributed by atoms with Crippen molar-refractivity contribution in [1.82, 2.24) is 5.32 Å². The molecule has 3 N–H and O–H groups in total. The Hall–Kier alpha value is -1.00. The fourth-order valence-corrected chi connectivity index (χ4v) is 3.59. The Labute approximate surface area is 113 Å². The van der Waals surface area contributed by atoms with Gasteiger partial charge in [0.2, 0.25) is 5.91 Å². The van der Waals surface area contributed by atoms with Crippen molar-refractivity contribution in [3.05, 3.63) is 29.8 Å². The second-order valence-corrected chi connectivity index (χ2v) is 6.14. The highest BCUT2D eigenvalue weighted by Crippen LogP contribution is 2.38. The molecule has 3 nitrogen and oxygen atoms in total. The van der Waals surface area contributed by atoms with Crippen LogP contribution in [0.5, 0.6) is 0 Å². The molecule has 1 aliphatic heterocycles. The van der Waals surface area contributed by atoms with Gasteiger partial charge in [-0.15, -0.1) is 11.8 Å². The number of fused-ring (bicyclic) bond motifs is 1. The fourth-order valence-electron chi connectivity index (χ4n) is 2.33. The van der Waals surface area contributed by atoms with Crippen LogP contribution < -0.4 is 11.1 Å². The molecule has 98 valence electrons. The van der Waals surface area contributed by atoms with E-state index in [9.17, 15) is 4.79 Å². The minimum absolute atomic E-state index is 0.229. The van der Waals surface area contributed by atoms with E-state index in [1.165, 1.54) is 10.5 Å². The number of amides is 1. The SMILES string of the molecule is CC(C)C(NCC1CSc2ccccc21)C(N)=O. The molecule has 2 unspecified atom stereocenters. The number of thioether (sulfide) groups is 1. The summed E-state index contributed by atoms with van der Waals surface area (Å²) in [5.74, 6) is 1.53. The molecule has 0 radical (unpaired) electrons. The molecule has 0 aromatic heterocycles.